The average Bonchev–Trinajstić information content (AvgIpc) is 3.01. The van der Waals surface area contributed by atoms with Crippen LogP contribution in [-0.4, -0.2) is 36.6 Å². The van der Waals surface area contributed by atoms with Gasteiger partial charge in [0.15, 0.2) is 0 Å². The van der Waals surface area contributed by atoms with E-state index in [-0.39, 0.29) is 17.9 Å². The van der Waals surface area contributed by atoms with Crippen molar-refractivity contribution >= 4 is 10.0 Å². The van der Waals surface area contributed by atoms with Crippen LogP contribution in [0.3, 0.4) is 0 Å². The zero-order valence-corrected chi connectivity index (χ0v) is 14.6. The van der Waals surface area contributed by atoms with Crippen LogP contribution in [0.5, 0.6) is 0 Å². The van der Waals surface area contributed by atoms with E-state index in [1.165, 1.54) is 0 Å². The van der Waals surface area contributed by atoms with Gasteiger partial charge in [0.1, 0.15) is 0 Å². The summed E-state index contributed by atoms with van der Waals surface area (Å²) < 4.78 is 35.0. The lowest BCUT2D eigenvalue weighted by Crippen LogP contribution is -2.41. The number of nitrogens with zero attached hydrogens (tertiary/aromatic N) is 2. The van der Waals surface area contributed by atoms with Gasteiger partial charge in [0, 0.05) is 31.5 Å². The molecule has 2 atom stereocenters. The van der Waals surface area contributed by atoms with Gasteiger partial charge in [0.05, 0.1) is 18.1 Å². The van der Waals surface area contributed by atoms with E-state index in [0.29, 0.717) is 25.9 Å². The first-order valence-corrected chi connectivity index (χ1v) is 9.81. The third-order valence-electron chi connectivity index (χ3n) is 4.23. The van der Waals surface area contributed by atoms with Gasteiger partial charge < -0.3 is 4.74 Å². The Hall–Kier alpha value is -1.70. The highest BCUT2D eigenvalue weighted by molar-refractivity contribution is 7.89. The summed E-state index contributed by atoms with van der Waals surface area (Å²) in [5.41, 5.74) is 2.02. The molecule has 1 aliphatic heterocycles. The van der Waals surface area contributed by atoms with Gasteiger partial charge in [-0.1, -0.05) is 30.3 Å². The standard InChI is InChI=1S/C17H23N3O3S/c1-20-13-15(12-18-20)17-11-16(7-9-23-17)19-24(21,22)10-8-14-5-3-2-4-6-14/h2-6,12-13,16-17,19H,7-11H2,1H3/t16-,17+/m0/s1. The molecule has 1 aromatic heterocycles. The van der Waals surface area contributed by atoms with Crippen molar-refractivity contribution in [3.63, 3.8) is 0 Å². The third kappa shape index (κ3) is 4.66. The molecule has 0 amide bonds. The van der Waals surface area contributed by atoms with Crippen LogP contribution in [0, 0.1) is 0 Å². The average molecular weight is 349 g/mol. The molecular weight excluding hydrogens is 326 g/mol. The Morgan fingerprint density at radius 3 is 2.83 bits per heavy atom. The molecule has 0 aliphatic carbocycles. The van der Waals surface area contributed by atoms with E-state index >= 15 is 0 Å². The van der Waals surface area contributed by atoms with Crippen molar-refractivity contribution in [1.82, 2.24) is 14.5 Å². The van der Waals surface area contributed by atoms with E-state index < -0.39 is 10.0 Å². The smallest absolute Gasteiger partial charge is 0.212 e. The Labute approximate surface area is 142 Å². The quantitative estimate of drug-likeness (QED) is 0.863. The normalized spacial score (nSPS) is 21.7. The van der Waals surface area contributed by atoms with Crippen molar-refractivity contribution in [3.8, 4) is 0 Å². The van der Waals surface area contributed by atoms with E-state index in [9.17, 15) is 8.42 Å². The van der Waals surface area contributed by atoms with Crippen molar-refractivity contribution in [2.75, 3.05) is 12.4 Å². The lowest BCUT2D eigenvalue weighted by atomic mass is 10.0. The van der Waals surface area contributed by atoms with Crippen LogP contribution in [0.15, 0.2) is 42.7 Å². The Balaban J connectivity index is 1.56. The summed E-state index contributed by atoms with van der Waals surface area (Å²) >= 11 is 0. The number of hydrogen-bond donors (Lipinski definition) is 1. The number of rotatable bonds is 6. The van der Waals surface area contributed by atoms with Gasteiger partial charge in [-0.2, -0.15) is 5.10 Å². The molecule has 0 bridgehead atoms. The van der Waals surface area contributed by atoms with Crippen LogP contribution in [0.1, 0.15) is 30.1 Å². The highest BCUT2D eigenvalue weighted by atomic mass is 32.2. The van der Waals surface area contributed by atoms with Crippen molar-refractivity contribution in [2.24, 2.45) is 7.05 Å². The Morgan fingerprint density at radius 2 is 2.12 bits per heavy atom. The van der Waals surface area contributed by atoms with Crippen LogP contribution in [0.25, 0.3) is 0 Å². The number of ether oxygens (including phenoxy) is 1. The maximum atomic E-state index is 12.4. The monoisotopic (exact) mass is 349 g/mol. The minimum atomic E-state index is -3.31. The molecule has 0 spiro atoms. The highest BCUT2D eigenvalue weighted by Gasteiger charge is 2.27. The fourth-order valence-corrected chi connectivity index (χ4v) is 4.30. The second-order valence-electron chi connectivity index (χ2n) is 6.20. The molecular formula is C17H23N3O3S. The highest BCUT2D eigenvalue weighted by Crippen LogP contribution is 2.28. The van der Waals surface area contributed by atoms with E-state index in [1.807, 2.05) is 43.6 Å². The van der Waals surface area contributed by atoms with Crippen molar-refractivity contribution in [2.45, 2.75) is 31.4 Å². The van der Waals surface area contributed by atoms with Crippen LogP contribution in [-0.2, 0) is 28.2 Å². The molecule has 0 unspecified atom stereocenters. The summed E-state index contributed by atoms with van der Waals surface area (Å²) in [6.07, 6.45) is 5.44. The fourth-order valence-electron chi connectivity index (χ4n) is 2.95. The largest absolute Gasteiger partial charge is 0.373 e. The number of benzene rings is 1. The lowest BCUT2D eigenvalue weighted by molar-refractivity contribution is 0.00401. The Bertz CT molecular complexity index is 758. The van der Waals surface area contributed by atoms with Gasteiger partial charge in [-0.25, -0.2) is 13.1 Å². The fraction of sp³-hybridized carbons (Fsp3) is 0.471. The van der Waals surface area contributed by atoms with Crippen LogP contribution < -0.4 is 4.72 Å². The SMILES string of the molecule is Cn1cc([C@H]2C[C@@H](NS(=O)(=O)CCc3ccccc3)CCO2)cn1. The molecule has 1 aromatic carbocycles. The molecule has 7 heteroatoms. The van der Waals surface area contributed by atoms with Crippen LogP contribution in [0.2, 0.25) is 0 Å². The molecule has 0 radical (unpaired) electrons. The predicted molar refractivity (Wildman–Crippen MR) is 92.0 cm³/mol. The minimum absolute atomic E-state index is 0.0928. The van der Waals surface area contributed by atoms with Gasteiger partial charge in [-0.15, -0.1) is 0 Å². The number of aryl methyl sites for hydroxylation is 2. The first-order valence-electron chi connectivity index (χ1n) is 8.16. The number of sulfonamides is 1. The molecule has 24 heavy (non-hydrogen) atoms. The van der Waals surface area contributed by atoms with Crippen molar-refractivity contribution in [3.05, 3.63) is 53.9 Å². The zero-order chi connectivity index (χ0) is 17.0. The first kappa shape index (κ1) is 17.1. The minimum Gasteiger partial charge on any atom is -0.373 e. The number of hydrogen-bond acceptors (Lipinski definition) is 4. The van der Waals surface area contributed by atoms with Crippen LogP contribution >= 0.6 is 0 Å². The second kappa shape index (κ2) is 7.46. The Kier molecular flexibility index (Phi) is 5.33. The van der Waals surface area contributed by atoms with E-state index in [0.717, 1.165) is 11.1 Å². The predicted octanol–water partition coefficient (Wildman–Crippen LogP) is 1.80. The molecule has 1 N–H and O–H groups in total. The van der Waals surface area contributed by atoms with Crippen molar-refractivity contribution < 1.29 is 13.2 Å². The first-order chi connectivity index (χ1) is 11.5. The maximum Gasteiger partial charge on any atom is 0.212 e. The van der Waals surface area contributed by atoms with Gasteiger partial charge in [0.25, 0.3) is 0 Å². The zero-order valence-electron chi connectivity index (χ0n) is 13.8. The molecule has 2 heterocycles. The summed E-state index contributed by atoms with van der Waals surface area (Å²) in [6, 6.07) is 9.57. The van der Waals surface area contributed by atoms with Gasteiger partial charge in [-0.3, -0.25) is 4.68 Å². The van der Waals surface area contributed by atoms with E-state index in [1.54, 1.807) is 10.9 Å². The van der Waals surface area contributed by atoms with Gasteiger partial charge >= 0.3 is 0 Å². The van der Waals surface area contributed by atoms with Gasteiger partial charge in [0.2, 0.25) is 10.0 Å². The van der Waals surface area contributed by atoms with Crippen molar-refractivity contribution in [1.29, 1.82) is 0 Å². The summed E-state index contributed by atoms with van der Waals surface area (Å²) in [4.78, 5) is 0. The second-order valence-corrected chi connectivity index (χ2v) is 8.07. The number of aromatic nitrogens is 2. The molecule has 1 fully saturated rings. The molecule has 1 saturated heterocycles. The molecule has 0 saturated carbocycles. The summed E-state index contributed by atoms with van der Waals surface area (Å²) in [5, 5.41) is 4.15. The maximum absolute atomic E-state index is 12.4. The van der Waals surface area contributed by atoms with Gasteiger partial charge in [-0.05, 0) is 24.8 Å². The summed E-state index contributed by atoms with van der Waals surface area (Å²) in [5.74, 6) is 0.103. The molecule has 2 aromatic rings. The van der Waals surface area contributed by atoms with Crippen LogP contribution in [0.4, 0.5) is 0 Å². The summed E-state index contributed by atoms with van der Waals surface area (Å²) in [6.45, 7) is 0.547. The number of nitrogens with one attached hydrogen (secondary N) is 1. The summed E-state index contributed by atoms with van der Waals surface area (Å²) in [7, 11) is -1.45. The molecule has 3 rings (SSSR count). The topological polar surface area (TPSA) is 73.2 Å². The molecule has 6 nitrogen and oxygen atoms in total. The van der Waals surface area contributed by atoms with E-state index in [4.69, 9.17) is 4.74 Å². The lowest BCUT2D eigenvalue weighted by Gasteiger charge is -2.29. The molecule has 1 aliphatic rings. The molecule has 130 valence electrons. The Morgan fingerprint density at radius 1 is 1.33 bits per heavy atom. The van der Waals surface area contributed by atoms with E-state index in [2.05, 4.69) is 9.82 Å². The third-order valence-corrected chi connectivity index (χ3v) is 5.66.